The van der Waals surface area contributed by atoms with E-state index in [1.165, 1.54) is 19.2 Å². The number of rotatable bonds is 7. The van der Waals surface area contributed by atoms with Gasteiger partial charge >= 0.3 is 0 Å². The highest BCUT2D eigenvalue weighted by atomic mass is 19.1. The SMILES string of the molecule is COc1cc(OCCCCCO)c(F)cc1N. The number of nitrogen functional groups attached to an aromatic ring is 1. The number of methoxy groups -OCH3 is 1. The maximum Gasteiger partial charge on any atom is 0.167 e. The molecule has 1 rings (SSSR count). The van der Waals surface area contributed by atoms with E-state index in [0.717, 1.165) is 19.3 Å². The minimum atomic E-state index is -0.495. The lowest BCUT2D eigenvalue weighted by atomic mass is 10.2. The van der Waals surface area contributed by atoms with Crippen molar-refractivity contribution in [3.8, 4) is 11.5 Å². The number of anilines is 1. The molecule has 0 saturated heterocycles. The summed E-state index contributed by atoms with van der Waals surface area (Å²) in [4.78, 5) is 0. The van der Waals surface area contributed by atoms with E-state index in [2.05, 4.69) is 0 Å². The van der Waals surface area contributed by atoms with Gasteiger partial charge in [0, 0.05) is 18.7 Å². The standard InChI is InChI=1S/C12H18FNO3/c1-16-12-8-11(9(13)7-10(12)14)17-6-4-2-3-5-15/h7-8,15H,2-6,14H2,1H3. The number of benzene rings is 1. The summed E-state index contributed by atoms with van der Waals surface area (Å²) < 4.78 is 23.7. The van der Waals surface area contributed by atoms with Gasteiger partial charge in [-0.25, -0.2) is 4.39 Å². The zero-order valence-electron chi connectivity index (χ0n) is 9.91. The van der Waals surface area contributed by atoms with Crippen LogP contribution in [-0.4, -0.2) is 25.4 Å². The molecule has 0 spiro atoms. The summed E-state index contributed by atoms with van der Waals surface area (Å²) in [7, 11) is 1.47. The molecule has 0 aromatic heterocycles. The molecule has 5 heteroatoms. The zero-order chi connectivity index (χ0) is 12.7. The van der Waals surface area contributed by atoms with Gasteiger partial charge < -0.3 is 20.3 Å². The average molecular weight is 243 g/mol. The molecule has 17 heavy (non-hydrogen) atoms. The molecule has 0 amide bonds. The fraction of sp³-hybridized carbons (Fsp3) is 0.500. The van der Waals surface area contributed by atoms with Crippen LogP contribution < -0.4 is 15.2 Å². The number of aliphatic hydroxyl groups excluding tert-OH is 1. The topological polar surface area (TPSA) is 64.7 Å². The van der Waals surface area contributed by atoms with Crippen LogP contribution in [0, 0.1) is 5.82 Å². The van der Waals surface area contributed by atoms with E-state index in [0.29, 0.717) is 12.4 Å². The molecule has 0 unspecified atom stereocenters. The highest BCUT2D eigenvalue weighted by Gasteiger charge is 2.09. The Kier molecular flexibility index (Phi) is 5.56. The highest BCUT2D eigenvalue weighted by Crippen LogP contribution is 2.29. The number of aliphatic hydroxyl groups is 1. The van der Waals surface area contributed by atoms with Crippen molar-refractivity contribution in [2.24, 2.45) is 0 Å². The summed E-state index contributed by atoms with van der Waals surface area (Å²) in [6.45, 7) is 0.577. The summed E-state index contributed by atoms with van der Waals surface area (Å²) in [6.07, 6.45) is 2.35. The molecule has 0 saturated carbocycles. The van der Waals surface area contributed by atoms with E-state index >= 15 is 0 Å². The van der Waals surface area contributed by atoms with Gasteiger partial charge in [-0.15, -0.1) is 0 Å². The lowest BCUT2D eigenvalue weighted by molar-refractivity contribution is 0.261. The molecule has 3 N–H and O–H groups in total. The molecule has 0 aliphatic heterocycles. The largest absolute Gasteiger partial charge is 0.494 e. The van der Waals surface area contributed by atoms with Crippen molar-refractivity contribution < 1.29 is 19.0 Å². The number of hydrogen-bond donors (Lipinski definition) is 2. The molecule has 0 radical (unpaired) electrons. The van der Waals surface area contributed by atoms with Crippen molar-refractivity contribution in [3.05, 3.63) is 17.9 Å². The summed E-state index contributed by atoms with van der Waals surface area (Å²) >= 11 is 0. The monoisotopic (exact) mass is 243 g/mol. The Hall–Kier alpha value is -1.49. The van der Waals surface area contributed by atoms with Crippen molar-refractivity contribution in [1.82, 2.24) is 0 Å². The van der Waals surface area contributed by atoms with Gasteiger partial charge in [-0.1, -0.05) is 0 Å². The molecule has 0 bridgehead atoms. The van der Waals surface area contributed by atoms with Crippen molar-refractivity contribution in [2.45, 2.75) is 19.3 Å². The van der Waals surface area contributed by atoms with Gasteiger partial charge in [0.15, 0.2) is 11.6 Å². The number of hydrogen-bond acceptors (Lipinski definition) is 4. The smallest absolute Gasteiger partial charge is 0.167 e. The summed E-state index contributed by atoms with van der Waals surface area (Å²) in [5.41, 5.74) is 5.79. The Morgan fingerprint density at radius 2 is 2.00 bits per heavy atom. The first kappa shape index (κ1) is 13.6. The minimum absolute atomic E-state index is 0.139. The third-order valence-electron chi connectivity index (χ3n) is 2.34. The second-order valence-electron chi connectivity index (χ2n) is 3.66. The number of unbranched alkanes of at least 4 members (excludes halogenated alkanes) is 2. The first-order valence-electron chi connectivity index (χ1n) is 5.55. The molecule has 0 heterocycles. The Balaban J connectivity index is 2.52. The fourth-order valence-corrected chi connectivity index (χ4v) is 1.41. The van der Waals surface area contributed by atoms with E-state index in [9.17, 15) is 4.39 Å². The van der Waals surface area contributed by atoms with Crippen LogP contribution in [0.5, 0.6) is 11.5 Å². The Bertz CT molecular complexity index is 358. The van der Waals surface area contributed by atoms with Crippen LogP contribution in [0.3, 0.4) is 0 Å². The van der Waals surface area contributed by atoms with Crippen LogP contribution in [-0.2, 0) is 0 Å². The predicted molar refractivity (Wildman–Crippen MR) is 63.8 cm³/mol. The Morgan fingerprint density at radius 1 is 1.24 bits per heavy atom. The quantitative estimate of drug-likeness (QED) is 0.567. The van der Waals surface area contributed by atoms with Crippen LogP contribution in [0.1, 0.15) is 19.3 Å². The van der Waals surface area contributed by atoms with E-state index in [1.807, 2.05) is 0 Å². The van der Waals surface area contributed by atoms with Gasteiger partial charge in [-0.05, 0) is 19.3 Å². The Labute approximate surface area is 100 Å². The normalized spacial score (nSPS) is 10.3. The first-order chi connectivity index (χ1) is 8.19. The molecule has 0 fully saturated rings. The average Bonchev–Trinajstić information content (AvgIpc) is 2.31. The second-order valence-corrected chi connectivity index (χ2v) is 3.66. The van der Waals surface area contributed by atoms with Crippen LogP contribution in [0.15, 0.2) is 12.1 Å². The van der Waals surface area contributed by atoms with Crippen molar-refractivity contribution >= 4 is 5.69 Å². The zero-order valence-corrected chi connectivity index (χ0v) is 9.91. The molecule has 0 aliphatic carbocycles. The molecule has 1 aromatic carbocycles. The molecule has 0 aliphatic rings. The molecule has 0 atom stereocenters. The second kappa shape index (κ2) is 6.96. The van der Waals surface area contributed by atoms with Gasteiger partial charge in [0.2, 0.25) is 0 Å². The third-order valence-corrected chi connectivity index (χ3v) is 2.34. The molecular weight excluding hydrogens is 225 g/mol. The number of nitrogens with two attached hydrogens (primary N) is 1. The number of halogens is 1. The van der Waals surface area contributed by atoms with E-state index in [4.69, 9.17) is 20.3 Å². The van der Waals surface area contributed by atoms with E-state index < -0.39 is 5.82 Å². The van der Waals surface area contributed by atoms with Crippen molar-refractivity contribution in [2.75, 3.05) is 26.1 Å². The maximum absolute atomic E-state index is 13.4. The van der Waals surface area contributed by atoms with E-state index in [1.54, 1.807) is 0 Å². The van der Waals surface area contributed by atoms with Crippen LogP contribution >= 0.6 is 0 Å². The summed E-state index contributed by atoms with van der Waals surface area (Å²) in [6, 6.07) is 2.62. The minimum Gasteiger partial charge on any atom is -0.494 e. The predicted octanol–water partition coefficient (Wildman–Crippen LogP) is 1.96. The maximum atomic E-state index is 13.4. The van der Waals surface area contributed by atoms with Crippen LogP contribution in [0.25, 0.3) is 0 Å². The molecule has 96 valence electrons. The lowest BCUT2D eigenvalue weighted by Crippen LogP contribution is -2.02. The molecular formula is C12H18FNO3. The third kappa shape index (κ3) is 4.11. The van der Waals surface area contributed by atoms with Crippen LogP contribution in [0.2, 0.25) is 0 Å². The summed E-state index contributed by atoms with van der Waals surface area (Å²) in [5, 5.41) is 8.59. The van der Waals surface area contributed by atoms with Gasteiger partial charge in [-0.2, -0.15) is 0 Å². The first-order valence-corrected chi connectivity index (χ1v) is 5.55. The Morgan fingerprint density at radius 3 is 2.65 bits per heavy atom. The van der Waals surface area contributed by atoms with Gasteiger partial charge in [-0.3, -0.25) is 0 Å². The summed E-state index contributed by atoms with van der Waals surface area (Å²) in [5.74, 6) is 0.0438. The molecule has 4 nitrogen and oxygen atoms in total. The van der Waals surface area contributed by atoms with E-state index in [-0.39, 0.29) is 18.0 Å². The van der Waals surface area contributed by atoms with Crippen molar-refractivity contribution in [3.63, 3.8) is 0 Å². The number of ether oxygens (including phenoxy) is 2. The highest BCUT2D eigenvalue weighted by molar-refractivity contribution is 5.56. The molecule has 1 aromatic rings. The van der Waals surface area contributed by atoms with Gasteiger partial charge in [0.25, 0.3) is 0 Å². The van der Waals surface area contributed by atoms with Gasteiger partial charge in [0.1, 0.15) is 5.75 Å². The van der Waals surface area contributed by atoms with Crippen molar-refractivity contribution in [1.29, 1.82) is 0 Å². The lowest BCUT2D eigenvalue weighted by Gasteiger charge is -2.10. The fourth-order valence-electron chi connectivity index (χ4n) is 1.41. The van der Waals surface area contributed by atoms with Crippen LogP contribution in [0.4, 0.5) is 10.1 Å². The van der Waals surface area contributed by atoms with Gasteiger partial charge in [0.05, 0.1) is 19.4 Å².